The average molecular weight is 668 g/mol. The van der Waals surface area contributed by atoms with Gasteiger partial charge in [-0.25, -0.2) is 0 Å². The molecule has 0 aliphatic carbocycles. The van der Waals surface area contributed by atoms with Gasteiger partial charge in [-0.2, -0.15) is 8.42 Å². The van der Waals surface area contributed by atoms with Crippen molar-refractivity contribution < 1.29 is 37.2 Å². The van der Waals surface area contributed by atoms with Crippen LogP contribution in [0.25, 0.3) is 10.9 Å². The number of aromatic hydroxyl groups is 1. The molecule has 0 aliphatic heterocycles. The maximum absolute atomic E-state index is 12.7. The molecular weight excluding hydrogens is 633 g/mol. The number of carbonyl (C=O) groups excluding carboxylic acids is 3. The molecule has 0 aliphatic rings. The molecule has 0 saturated heterocycles. The Kier molecular flexibility index (Phi) is 15.8. The van der Waals surface area contributed by atoms with Gasteiger partial charge in [0, 0.05) is 55.1 Å². The number of rotatable bonds is 14. The number of unbranched alkanes of at least 4 members (excludes halogenated alkanes) is 3. The van der Waals surface area contributed by atoms with Crippen LogP contribution in [-0.2, 0) is 31.0 Å². The molecule has 0 atom stereocenters. The van der Waals surface area contributed by atoms with Crippen LogP contribution in [0.5, 0.6) is 5.75 Å². The summed E-state index contributed by atoms with van der Waals surface area (Å²) in [6.07, 6.45) is 4.41. The number of halogens is 1. The summed E-state index contributed by atoms with van der Waals surface area (Å²) in [6.45, 7) is 0.0677. The Morgan fingerprint density at radius 3 is 2.42 bits per heavy atom. The summed E-state index contributed by atoms with van der Waals surface area (Å²) in [7, 11) is -2.63. The van der Waals surface area contributed by atoms with Crippen molar-refractivity contribution in [3.63, 3.8) is 0 Å². The zero-order valence-corrected chi connectivity index (χ0v) is 25.8. The van der Waals surface area contributed by atoms with E-state index >= 15 is 0 Å². The van der Waals surface area contributed by atoms with Crippen LogP contribution in [0.3, 0.4) is 0 Å². The van der Waals surface area contributed by atoms with Crippen LogP contribution in [0.1, 0.15) is 60.0 Å². The number of nitrogens with zero attached hydrogens (tertiary/aromatic N) is 2. The first-order chi connectivity index (χ1) is 20.9. The van der Waals surface area contributed by atoms with Crippen molar-refractivity contribution in [1.29, 1.82) is 0 Å². The van der Waals surface area contributed by atoms with E-state index in [1.54, 1.807) is 42.5 Å². The van der Waals surface area contributed by atoms with Crippen LogP contribution >= 0.6 is 11.6 Å². The quantitative estimate of drug-likeness (QED) is 0.0768. The molecule has 1 aromatic heterocycles. The summed E-state index contributed by atoms with van der Waals surface area (Å²) >= 11 is 5.89. The third-order valence-corrected chi connectivity index (χ3v) is 7.57. The van der Waals surface area contributed by atoms with Crippen LogP contribution in [0, 0.1) is 11.8 Å². The minimum atomic E-state index is -4.11. The monoisotopic (exact) mass is 667 g/mol. The number of fused-ring (bicyclic) bond motifs is 1. The van der Waals surface area contributed by atoms with Crippen molar-refractivity contribution in [2.45, 2.75) is 45.1 Å². The van der Waals surface area contributed by atoms with Crippen molar-refractivity contribution in [2.24, 2.45) is 0 Å². The molecule has 0 radical (unpaired) electrons. The third kappa shape index (κ3) is 13.4. The number of hydrogen-bond acceptors (Lipinski definition) is 8. The topological polar surface area (TPSA) is 163 Å². The molecule has 0 bridgehead atoms. The van der Waals surface area contributed by atoms with Crippen molar-refractivity contribution in [3.05, 3.63) is 70.4 Å². The van der Waals surface area contributed by atoms with E-state index in [0.29, 0.717) is 34.3 Å². The summed E-state index contributed by atoms with van der Waals surface area (Å²) in [5.41, 5.74) is 1.91. The number of amides is 2. The Morgan fingerprint density at radius 1 is 1.04 bits per heavy atom. The zero-order valence-electron chi connectivity index (χ0n) is 24.2. The first-order valence-corrected chi connectivity index (χ1v) is 15.9. The Bertz CT molecular complexity index is 1660. The van der Waals surface area contributed by atoms with Gasteiger partial charge in [0.15, 0.2) is 6.61 Å². The van der Waals surface area contributed by atoms with Crippen molar-refractivity contribution in [1.82, 2.24) is 15.2 Å². The fourth-order valence-electron chi connectivity index (χ4n) is 4.10. The standard InChI is InChI=1S/C31H34ClN3O8S.Na.H/c1-35(16-18-44(40,41)42)28(36)8-4-2-3-5-9-29(37)43-17-6-7-22-12-15-27-25(19-22)30(38)26(21-33-27)31(39)34-20-23-10-13-24(32)14-11-23;;/h10-15,19,21H,2-5,8-9,16-18,20H2,1H3,(H,33,38)(H,34,39)(H,40,41,42);;. The van der Waals surface area contributed by atoms with Crippen molar-refractivity contribution in [3.8, 4) is 17.6 Å². The van der Waals surface area contributed by atoms with E-state index < -0.39 is 27.7 Å². The molecule has 3 aromatic rings. The summed E-state index contributed by atoms with van der Waals surface area (Å²) < 4.78 is 35.5. The Morgan fingerprint density at radius 2 is 1.73 bits per heavy atom. The summed E-state index contributed by atoms with van der Waals surface area (Å²) in [5.74, 6) is 3.85. The fraction of sp³-hybridized carbons (Fsp3) is 0.355. The van der Waals surface area contributed by atoms with E-state index in [1.807, 2.05) is 0 Å². The van der Waals surface area contributed by atoms with Gasteiger partial charge in [0.25, 0.3) is 16.0 Å². The number of carbonyl (C=O) groups is 3. The molecule has 1 heterocycles. The normalized spacial score (nSPS) is 10.7. The van der Waals surface area contributed by atoms with Crippen LogP contribution in [0.2, 0.25) is 5.02 Å². The molecule has 14 heteroatoms. The molecule has 3 N–H and O–H groups in total. The van der Waals surface area contributed by atoms with Gasteiger partial charge in [-0.05, 0) is 48.7 Å². The summed E-state index contributed by atoms with van der Waals surface area (Å²) in [4.78, 5) is 42.2. The minimum absolute atomic E-state index is 0. The molecule has 3 rings (SSSR count). The maximum atomic E-state index is 12.7. The number of aromatic nitrogens is 1. The number of nitrogens with one attached hydrogen (secondary N) is 1. The molecule has 0 saturated carbocycles. The van der Waals surface area contributed by atoms with Gasteiger partial charge >= 0.3 is 35.5 Å². The van der Waals surface area contributed by atoms with Gasteiger partial charge in [-0.1, -0.05) is 48.4 Å². The molecule has 2 aromatic carbocycles. The number of esters is 1. The Balaban J connectivity index is 0.00000705. The van der Waals surface area contributed by atoms with Crippen LogP contribution in [-0.4, -0.2) is 101 Å². The van der Waals surface area contributed by atoms with E-state index in [0.717, 1.165) is 18.4 Å². The number of hydrogen-bond donors (Lipinski definition) is 3. The van der Waals surface area contributed by atoms with Crippen LogP contribution < -0.4 is 5.32 Å². The van der Waals surface area contributed by atoms with Gasteiger partial charge in [-0.15, -0.1) is 0 Å². The second kappa shape index (κ2) is 18.7. The fourth-order valence-corrected chi connectivity index (χ4v) is 4.73. The molecule has 236 valence electrons. The second-order valence-electron chi connectivity index (χ2n) is 10.0. The van der Waals surface area contributed by atoms with Crippen molar-refractivity contribution >= 4 is 80.0 Å². The summed E-state index contributed by atoms with van der Waals surface area (Å²) in [6, 6.07) is 12.0. The van der Waals surface area contributed by atoms with E-state index in [-0.39, 0.29) is 79.3 Å². The molecule has 2 amide bonds. The summed E-state index contributed by atoms with van der Waals surface area (Å²) in [5, 5.41) is 14.5. The van der Waals surface area contributed by atoms with E-state index in [9.17, 15) is 27.9 Å². The van der Waals surface area contributed by atoms with Gasteiger partial charge in [-0.3, -0.25) is 23.9 Å². The Labute approximate surface area is 289 Å². The van der Waals surface area contributed by atoms with Gasteiger partial charge in [0.05, 0.1) is 11.3 Å². The van der Waals surface area contributed by atoms with Crippen LogP contribution in [0.4, 0.5) is 0 Å². The van der Waals surface area contributed by atoms with Gasteiger partial charge in [0.2, 0.25) is 5.91 Å². The third-order valence-electron chi connectivity index (χ3n) is 6.62. The zero-order chi connectivity index (χ0) is 32.1. The average Bonchev–Trinajstić information content (AvgIpc) is 2.99. The molecule has 0 spiro atoms. The molecule has 0 fully saturated rings. The van der Waals surface area contributed by atoms with Gasteiger partial charge in [0.1, 0.15) is 11.3 Å². The first-order valence-electron chi connectivity index (χ1n) is 13.9. The predicted octanol–water partition coefficient (Wildman–Crippen LogP) is 3.46. The molecule has 11 nitrogen and oxygen atoms in total. The number of pyridine rings is 1. The van der Waals surface area contributed by atoms with Gasteiger partial charge < -0.3 is 20.1 Å². The van der Waals surface area contributed by atoms with E-state index in [1.165, 1.54) is 18.1 Å². The molecule has 45 heavy (non-hydrogen) atoms. The first kappa shape index (κ1) is 38.0. The van der Waals surface area contributed by atoms with Crippen LogP contribution in [0.15, 0.2) is 48.7 Å². The number of benzene rings is 2. The predicted molar refractivity (Wildman–Crippen MR) is 173 cm³/mol. The number of ether oxygens (including phenoxy) is 1. The molecule has 0 unspecified atom stereocenters. The Hall–Kier alpha value is -3.18. The van der Waals surface area contributed by atoms with E-state index in [2.05, 4.69) is 22.1 Å². The second-order valence-corrected chi connectivity index (χ2v) is 12.0. The van der Waals surface area contributed by atoms with E-state index in [4.69, 9.17) is 20.9 Å². The van der Waals surface area contributed by atoms with Crippen molar-refractivity contribution in [2.75, 3.05) is 26.0 Å². The SMILES string of the molecule is CN(CCS(=O)(=O)O)C(=O)CCCCCCC(=O)OCC#Cc1ccc2ncc(C(=O)NCc3ccc(Cl)cc3)c(O)c2c1.[NaH]. The molecular formula is C31H35ClN3NaO8S.